The molecule has 0 radical (unpaired) electrons. The average Bonchev–Trinajstić information content (AvgIpc) is 2.52. The Morgan fingerprint density at radius 3 is 2.48 bits per heavy atom. The number of hydrogen-bond donors (Lipinski definition) is 1. The molecule has 1 aromatic carbocycles. The Morgan fingerprint density at radius 1 is 1.24 bits per heavy atom. The van der Waals surface area contributed by atoms with E-state index in [1.54, 1.807) is 19.1 Å². The quantitative estimate of drug-likeness (QED) is 0.723. The van der Waals surface area contributed by atoms with Crippen molar-refractivity contribution >= 4 is 11.9 Å². The monoisotopic (exact) mass is 361 g/mol. The van der Waals surface area contributed by atoms with Gasteiger partial charge in [0.15, 0.2) is 6.61 Å². The van der Waals surface area contributed by atoms with Crippen LogP contribution in [0.2, 0.25) is 0 Å². The van der Waals surface area contributed by atoms with Gasteiger partial charge in [0.25, 0.3) is 0 Å². The summed E-state index contributed by atoms with van der Waals surface area (Å²) in [6, 6.07) is 5.29. The van der Waals surface area contributed by atoms with E-state index in [0.29, 0.717) is 11.3 Å². The second-order valence-electron chi connectivity index (χ2n) is 5.62. The lowest BCUT2D eigenvalue weighted by Gasteiger charge is -2.15. The summed E-state index contributed by atoms with van der Waals surface area (Å²) < 4.78 is 46.8. The van der Waals surface area contributed by atoms with Gasteiger partial charge in [-0.2, -0.15) is 13.2 Å². The first-order valence-corrected chi connectivity index (χ1v) is 7.91. The highest BCUT2D eigenvalue weighted by Crippen LogP contribution is 2.25. The molecule has 0 saturated carbocycles. The van der Waals surface area contributed by atoms with E-state index in [2.05, 4.69) is 0 Å². The van der Waals surface area contributed by atoms with Crippen molar-refractivity contribution < 1.29 is 32.2 Å². The summed E-state index contributed by atoms with van der Waals surface area (Å²) in [4.78, 5) is 22.3. The predicted molar refractivity (Wildman–Crippen MR) is 85.4 cm³/mol. The number of halogens is 3. The van der Waals surface area contributed by atoms with Crippen LogP contribution in [0.5, 0.6) is 5.75 Å². The number of alkyl halides is 3. The molecule has 0 aliphatic carbocycles. The van der Waals surface area contributed by atoms with Crippen LogP contribution in [0, 0.1) is 0 Å². The Bertz CT molecular complexity index is 600. The lowest BCUT2D eigenvalue weighted by Crippen LogP contribution is -2.37. The van der Waals surface area contributed by atoms with E-state index in [9.17, 15) is 22.8 Å². The van der Waals surface area contributed by atoms with Gasteiger partial charge in [0.05, 0.1) is 6.61 Å². The Balaban J connectivity index is 2.79. The van der Waals surface area contributed by atoms with E-state index in [1.165, 1.54) is 0 Å². The number of hydrogen-bond acceptors (Lipinski definition) is 4. The van der Waals surface area contributed by atoms with E-state index >= 15 is 0 Å². The van der Waals surface area contributed by atoms with Crippen molar-refractivity contribution in [3.05, 3.63) is 29.3 Å². The molecule has 0 heterocycles. The van der Waals surface area contributed by atoms with Gasteiger partial charge in [-0.15, -0.1) is 0 Å². The molecule has 140 valence electrons. The Hall–Kier alpha value is -2.25. The maximum atomic E-state index is 12.2. The Morgan fingerprint density at radius 2 is 1.92 bits per heavy atom. The highest BCUT2D eigenvalue weighted by atomic mass is 19.4. The lowest BCUT2D eigenvalue weighted by atomic mass is 10.00. The summed E-state index contributed by atoms with van der Waals surface area (Å²) in [5.74, 6) is -1.92. The molecule has 0 aliphatic heterocycles. The fraction of sp³-hybridized carbons (Fsp3) is 0.529. The van der Waals surface area contributed by atoms with E-state index in [0.717, 1.165) is 5.56 Å². The van der Waals surface area contributed by atoms with Crippen LogP contribution in [0.3, 0.4) is 0 Å². The van der Waals surface area contributed by atoms with Gasteiger partial charge in [-0.1, -0.05) is 26.0 Å². The smallest absolute Gasteiger partial charge is 0.471 e. The molecule has 0 unspecified atom stereocenters. The fourth-order valence-corrected chi connectivity index (χ4v) is 2.02. The molecule has 8 heteroatoms. The van der Waals surface area contributed by atoms with E-state index in [-0.39, 0.29) is 32.1 Å². The molecule has 1 aromatic rings. The maximum absolute atomic E-state index is 12.2. The zero-order valence-electron chi connectivity index (χ0n) is 14.4. The van der Waals surface area contributed by atoms with Crippen molar-refractivity contribution in [2.75, 3.05) is 19.8 Å². The molecular formula is C17H22F3NO4. The molecule has 25 heavy (non-hydrogen) atoms. The van der Waals surface area contributed by atoms with Crippen LogP contribution in [0.1, 0.15) is 37.8 Å². The lowest BCUT2D eigenvalue weighted by molar-refractivity contribution is -0.173. The normalized spacial score (nSPS) is 11.3. The first-order valence-electron chi connectivity index (χ1n) is 7.91. The fourth-order valence-electron chi connectivity index (χ4n) is 2.02. The van der Waals surface area contributed by atoms with Crippen molar-refractivity contribution in [3.8, 4) is 5.75 Å². The van der Waals surface area contributed by atoms with Crippen LogP contribution in [0.25, 0.3) is 0 Å². The molecule has 0 bridgehead atoms. The second-order valence-corrected chi connectivity index (χ2v) is 5.62. The minimum absolute atomic E-state index is 0.137. The summed E-state index contributed by atoms with van der Waals surface area (Å²) in [6.07, 6.45) is -4.77. The van der Waals surface area contributed by atoms with E-state index < -0.39 is 18.1 Å². The maximum Gasteiger partial charge on any atom is 0.471 e. The van der Waals surface area contributed by atoms with Gasteiger partial charge in [-0.05, 0) is 36.5 Å². The highest BCUT2D eigenvalue weighted by molar-refractivity contribution is 5.81. The van der Waals surface area contributed by atoms with Crippen LogP contribution < -0.4 is 10.1 Å². The van der Waals surface area contributed by atoms with Crippen LogP contribution in [0.15, 0.2) is 18.2 Å². The number of carbonyl (C=O) groups excluding carboxylic acids is 2. The third kappa shape index (κ3) is 7.03. The van der Waals surface area contributed by atoms with Crippen LogP contribution in [-0.2, 0) is 20.7 Å². The van der Waals surface area contributed by atoms with E-state index in [1.807, 2.05) is 25.2 Å². The molecule has 0 saturated heterocycles. The van der Waals surface area contributed by atoms with Crippen LogP contribution >= 0.6 is 0 Å². The third-order valence-corrected chi connectivity index (χ3v) is 3.35. The van der Waals surface area contributed by atoms with Crippen molar-refractivity contribution in [2.24, 2.45) is 0 Å². The van der Waals surface area contributed by atoms with Crippen molar-refractivity contribution in [2.45, 2.75) is 39.3 Å². The number of benzene rings is 1. The first-order chi connectivity index (χ1) is 11.6. The molecule has 0 spiro atoms. The molecular weight excluding hydrogens is 339 g/mol. The number of carbonyl (C=O) groups is 2. The average molecular weight is 361 g/mol. The van der Waals surface area contributed by atoms with Crippen LogP contribution in [-0.4, -0.2) is 37.8 Å². The van der Waals surface area contributed by atoms with Gasteiger partial charge in [0, 0.05) is 6.54 Å². The molecule has 0 atom stereocenters. The minimum atomic E-state index is -4.91. The Kier molecular flexibility index (Phi) is 7.73. The molecule has 0 aliphatic rings. The Labute approximate surface area is 144 Å². The predicted octanol–water partition coefficient (Wildman–Crippen LogP) is 2.97. The van der Waals surface area contributed by atoms with Crippen molar-refractivity contribution in [3.63, 3.8) is 0 Å². The first kappa shape index (κ1) is 20.8. The topological polar surface area (TPSA) is 64.6 Å². The summed E-state index contributed by atoms with van der Waals surface area (Å²) >= 11 is 0. The van der Waals surface area contributed by atoms with E-state index in [4.69, 9.17) is 9.47 Å². The number of ether oxygens (including phenoxy) is 2. The number of nitrogens with one attached hydrogen (secondary N) is 1. The standard InChI is InChI=1S/C17H22F3NO4/c1-4-24-15(22)10-25-14-9-13(11(2)3)6-5-12(14)7-8-21-16(23)17(18,19)20/h5-6,9,11H,4,7-8,10H2,1-3H3,(H,21,23). The van der Waals surface area contributed by atoms with Crippen molar-refractivity contribution in [1.82, 2.24) is 5.32 Å². The molecule has 1 rings (SSSR count). The molecule has 1 N–H and O–H groups in total. The number of amides is 1. The summed E-state index contributed by atoms with van der Waals surface area (Å²) in [5, 5.41) is 1.81. The molecule has 0 fully saturated rings. The zero-order valence-corrected chi connectivity index (χ0v) is 14.4. The highest BCUT2D eigenvalue weighted by Gasteiger charge is 2.38. The summed E-state index contributed by atoms with van der Waals surface area (Å²) in [7, 11) is 0. The van der Waals surface area contributed by atoms with Crippen LogP contribution in [0.4, 0.5) is 13.2 Å². The summed E-state index contributed by atoms with van der Waals surface area (Å²) in [5.41, 5.74) is 1.55. The van der Waals surface area contributed by atoms with Crippen molar-refractivity contribution in [1.29, 1.82) is 0 Å². The number of esters is 1. The van der Waals surface area contributed by atoms with Gasteiger partial charge < -0.3 is 14.8 Å². The largest absolute Gasteiger partial charge is 0.482 e. The molecule has 0 aromatic heterocycles. The minimum Gasteiger partial charge on any atom is -0.482 e. The molecule has 1 amide bonds. The summed E-state index contributed by atoms with van der Waals surface area (Å²) in [6.45, 7) is 5.37. The second kappa shape index (κ2) is 9.29. The zero-order chi connectivity index (χ0) is 19.0. The van der Waals surface area contributed by atoms with Gasteiger partial charge in [-0.3, -0.25) is 4.79 Å². The number of rotatable bonds is 8. The van der Waals surface area contributed by atoms with Gasteiger partial charge in [-0.25, -0.2) is 4.79 Å². The van der Waals surface area contributed by atoms with Gasteiger partial charge >= 0.3 is 18.1 Å². The van der Waals surface area contributed by atoms with Gasteiger partial charge in [0.1, 0.15) is 5.75 Å². The molecule has 5 nitrogen and oxygen atoms in total. The third-order valence-electron chi connectivity index (χ3n) is 3.35. The van der Waals surface area contributed by atoms with Gasteiger partial charge in [0.2, 0.25) is 0 Å². The SMILES string of the molecule is CCOC(=O)COc1cc(C(C)C)ccc1CCNC(=O)C(F)(F)F.